The number of rotatable bonds is 12. The molecule has 2 aliphatic rings. The molecule has 0 aromatic heterocycles. The van der Waals surface area contributed by atoms with Gasteiger partial charge in [0.05, 0.1) is 23.5 Å². The Kier molecular flexibility index (Phi) is 12.1. The molecule has 0 radical (unpaired) electrons. The summed E-state index contributed by atoms with van der Waals surface area (Å²) in [5.41, 5.74) is 19.7. The maximum atomic E-state index is 5.44. The SMILES string of the molecule is C1=CC2N=C(c3ccc(N(c4ccc(-c5ccccc5)cc4)c4ccc(-c5ccccc5)cc4)cc3)C(c3ccc(N(c4ccc(-c5ccccc5)cc4)c4ccc(-c5ccccc5)cc4)cc3)=NC2C=C1. The lowest BCUT2D eigenvalue weighted by Crippen LogP contribution is -2.33. The number of anilines is 6. The van der Waals surface area contributed by atoms with E-state index in [0.717, 1.165) is 56.7 Å². The normalized spacial score (nSPS) is 14.7. The van der Waals surface area contributed by atoms with E-state index in [0.29, 0.717) is 0 Å². The third-order valence-corrected chi connectivity index (χ3v) is 13.6. The van der Waals surface area contributed by atoms with Crippen LogP contribution < -0.4 is 9.80 Å². The lowest BCUT2D eigenvalue weighted by molar-refractivity contribution is 0.697. The zero-order valence-corrected chi connectivity index (χ0v) is 39.7. The molecular formula is C68H50N4. The predicted octanol–water partition coefficient (Wildman–Crippen LogP) is 17.4. The zero-order chi connectivity index (χ0) is 48.1. The first-order valence-electron chi connectivity index (χ1n) is 24.6. The number of benzene rings is 10. The van der Waals surface area contributed by atoms with E-state index >= 15 is 0 Å². The summed E-state index contributed by atoms with van der Waals surface area (Å²) < 4.78 is 0. The highest BCUT2D eigenvalue weighted by atomic mass is 15.1. The topological polar surface area (TPSA) is 31.2 Å². The van der Waals surface area contributed by atoms with Crippen molar-refractivity contribution < 1.29 is 0 Å². The maximum absolute atomic E-state index is 5.44. The number of hydrogen-bond donors (Lipinski definition) is 0. The van der Waals surface area contributed by atoms with Crippen molar-refractivity contribution in [2.75, 3.05) is 9.80 Å². The van der Waals surface area contributed by atoms with E-state index in [-0.39, 0.29) is 12.1 Å². The fourth-order valence-corrected chi connectivity index (χ4v) is 9.83. The molecule has 4 heteroatoms. The van der Waals surface area contributed by atoms with Crippen LogP contribution in [0.5, 0.6) is 0 Å². The van der Waals surface area contributed by atoms with E-state index in [1.807, 2.05) is 0 Å². The smallest absolute Gasteiger partial charge is 0.0950 e. The average molecular weight is 923 g/mol. The van der Waals surface area contributed by atoms with Crippen molar-refractivity contribution in [2.45, 2.75) is 12.1 Å². The molecule has 0 saturated heterocycles. The summed E-state index contributed by atoms with van der Waals surface area (Å²) >= 11 is 0. The minimum atomic E-state index is -0.0799. The first-order chi connectivity index (χ1) is 35.7. The van der Waals surface area contributed by atoms with Crippen LogP contribution in [-0.4, -0.2) is 23.5 Å². The Morgan fingerprint density at radius 2 is 0.403 bits per heavy atom. The third-order valence-electron chi connectivity index (χ3n) is 13.6. The summed E-state index contributed by atoms with van der Waals surface area (Å²) in [6, 6.07) is 95.0. The van der Waals surface area contributed by atoms with Crippen LogP contribution in [0.15, 0.2) is 301 Å². The van der Waals surface area contributed by atoms with Gasteiger partial charge >= 0.3 is 0 Å². The van der Waals surface area contributed by atoms with Gasteiger partial charge in [-0.15, -0.1) is 0 Å². The van der Waals surface area contributed by atoms with E-state index in [4.69, 9.17) is 9.98 Å². The molecule has 0 bridgehead atoms. The Labute approximate surface area is 422 Å². The van der Waals surface area contributed by atoms with Crippen molar-refractivity contribution in [1.29, 1.82) is 0 Å². The van der Waals surface area contributed by atoms with Crippen molar-refractivity contribution in [3.63, 3.8) is 0 Å². The highest BCUT2D eigenvalue weighted by molar-refractivity contribution is 6.54. The molecule has 0 saturated carbocycles. The molecule has 1 aliphatic heterocycles. The third kappa shape index (κ3) is 9.13. The van der Waals surface area contributed by atoms with Gasteiger partial charge in [-0.3, -0.25) is 9.98 Å². The summed E-state index contributed by atoms with van der Waals surface area (Å²) in [5, 5.41) is 0. The number of aliphatic imine (C=N–C) groups is 2. The van der Waals surface area contributed by atoms with Gasteiger partial charge in [-0.25, -0.2) is 0 Å². The van der Waals surface area contributed by atoms with Crippen molar-refractivity contribution in [1.82, 2.24) is 0 Å². The monoisotopic (exact) mass is 922 g/mol. The lowest BCUT2D eigenvalue weighted by atomic mass is 9.93. The second kappa shape index (κ2) is 19.9. The van der Waals surface area contributed by atoms with Crippen LogP contribution in [0.2, 0.25) is 0 Å². The van der Waals surface area contributed by atoms with E-state index in [1.165, 1.54) is 44.5 Å². The van der Waals surface area contributed by atoms with Gasteiger partial charge in [0.15, 0.2) is 0 Å². The fraction of sp³-hybridized carbons (Fsp3) is 0.0294. The molecule has 0 spiro atoms. The summed E-state index contributed by atoms with van der Waals surface area (Å²) in [4.78, 5) is 15.5. The van der Waals surface area contributed by atoms with Gasteiger partial charge in [0.2, 0.25) is 0 Å². The van der Waals surface area contributed by atoms with Crippen LogP contribution >= 0.6 is 0 Å². The predicted molar refractivity (Wildman–Crippen MR) is 303 cm³/mol. The Hall–Kier alpha value is -9.38. The molecule has 0 amide bonds. The zero-order valence-electron chi connectivity index (χ0n) is 39.7. The molecule has 4 nitrogen and oxygen atoms in total. The van der Waals surface area contributed by atoms with Crippen LogP contribution in [-0.2, 0) is 0 Å². The molecule has 2 atom stereocenters. The highest BCUT2D eigenvalue weighted by Gasteiger charge is 2.28. The number of hydrogen-bond acceptors (Lipinski definition) is 4. The molecule has 10 aromatic carbocycles. The Balaban J connectivity index is 0.883. The molecule has 72 heavy (non-hydrogen) atoms. The molecule has 1 aliphatic carbocycles. The van der Waals surface area contributed by atoms with Crippen LogP contribution in [0.4, 0.5) is 34.1 Å². The minimum Gasteiger partial charge on any atom is -0.311 e. The lowest BCUT2D eigenvalue weighted by Gasteiger charge is -2.28. The molecular weight excluding hydrogens is 873 g/mol. The standard InChI is InChI=1S/C68H50N4/c1-5-15-49(16-6-1)53-25-37-59(38-26-53)71(60-39-27-54(28-40-60)50-17-7-2-8-18-50)63-45-33-57(34-46-63)67-68(70-66-24-14-13-23-65(66)69-67)58-35-47-64(48-36-58)72(61-41-29-55(30-42-61)51-19-9-3-10-20-51)62-43-31-56(32-44-62)52-21-11-4-12-22-52/h1-48,65-66H. The highest BCUT2D eigenvalue weighted by Crippen LogP contribution is 2.40. The summed E-state index contributed by atoms with van der Waals surface area (Å²) in [5.74, 6) is 0. The molecule has 10 aromatic rings. The Morgan fingerprint density at radius 1 is 0.208 bits per heavy atom. The van der Waals surface area contributed by atoms with Crippen LogP contribution in [0.25, 0.3) is 44.5 Å². The second-order valence-corrected chi connectivity index (χ2v) is 18.1. The first-order valence-corrected chi connectivity index (χ1v) is 24.6. The van der Waals surface area contributed by atoms with E-state index < -0.39 is 0 Å². The maximum Gasteiger partial charge on any atom is 0.0950 e. The molecule has 1 heterocycles. The van der Waals surface area contributed by atoms with Gasteiger partial charge in [-0.05, 0) is 117 Å². The van der Waals surface area contributed by atoms with Gasteiger partial charge in [-0.1, -0.05) is 218 Å². The van der Waals surface area contributed by atoms with Crippen molar-refractivity contribution in [3.8, 4) is 44.5 Å². The molecule has 0 fully saturated rings. The largest absolute Gasteiger partial charge is 0.311 e. The average Bonchev–Trinajstić information content (AvgIpc) is 3.47. The number of fused-ring (bicyclic) bond motifs is 1. The van der Waals surface area contributed by atoms with E-state index in [2.05, 4.69) is 301 Å². The van der Waals surface area contributed by atoms with E-state index in [9.17, 15) is 0 Å². The summed E-state index contributed by atoms with van der Waals surface area (Å²) in [7, 11) is 0. The van der Waals surface area contributed by atoms with Crippen LogP contribution in [0, 0.1) is 0 Å². The molecule has 2 unspecified atom stereocenters. The molecule has 0 N–H and O–H groups in total. The van der Waals surface area contributed by atoms with Gasteiger partial charge < -0.3 is 9.80 Å². The van der Waals surface area contributed by atoms with Gasteiger partial charge in [0, 0.05) is 45.3 Å². The van der Waals surface area contributed by atoms with E-state index in [1.54, 1.807) is 0 Å². The summed E-state index contributed by atoms with van der Waals surface area (Å²) in [6.07, 6.45) is 8.48. The van der Waals surface area contributed by atoms with Crippen molar-refractivity contribution in [2.24, 2.45) is 9.98 Å². The fourth-order valence-electron chi connectivity index (χ4n) is 9.83. The van der Waals surface area contributed by atoms with Crippen molar-refractivity contribution in [3.05, 3.63) is 302 Å². The number of allylic oxidation sites excluding steroid dienone is 2. The Bertz CT molecular complexity index is 3140. The first kappa shape index (κ1) is 43.9. The Morgan fingerprint density at radius 3 is 0.625 bits per heavy atom. The summed E-state index contributed by atoms with van der Waals surface area (Å²) in [6.45, 7) is 0. The van der Waals surface area contributed by atoms with Gasteiger partial charge in [0.25, 0.3) is 0 Å². The molecule has 342 valence electrons. The van der Waals surface area contributed by atoms with Gasteiger partial charge in [-0.2, -0.15) is 0 Å². The van der Waals surface area contributed by atoms with Crippen LogP contribution in [0.3, 0.4) is 0 Å². The van der Waals surface area contributed by atoms with Crippen molar-refractivity contribution >= 4 is 45.5 Å². The van der Waals surface area contributed by atoms with Crippen LogP contribution in [0.1, 0.15) is 11.1 Å². The quantitative estimate of drug-likeness (QED) is 0.122. The molecule has 12 rings (SSSR count). The minimum absolute atomic E-state index is 0.0799. The van der Waals surface area contributed by atoms with Gasteiger partial charge in [0.1, 0.15) is 0 Å². The second-order valence-electron chi connectivity index (χ2n) is 18.1. The number of nitrogens with zero attached hydrogens (tertiary/aromatic N) is 4.